The van der Waals surface area contributed by atoms with Crippen LogP contribution < -0.4 is 0 Å². The monoisotopic (exact) mass is 331 g/mol. The molecule has 4 atom stereocenters. The maximum Gasteiger partial charge on any atom is 0.0689 e. The van der Waals surface area contributed by atoms with Crippen molar-refractivity contribution in [3.05, 3.63) is 0 Å². The van der Waals surface area contributed by atoms with Gasteiger partial charge in [0.15, 0.2) is 0 Å². The van der Waals surface area contributed by atoms with E-state index in [0.29, 0.717) is 0 Å². The van der Waals surface area contributed by atoms with Gasteiger partial charge in [0.25, 0.3) is 0 Å². The molecule has 0 aliphatic heterocycles. The second-order valence-electron chi connectivity index (χ2n) is 8.99. The van der Waals surface area contributed by atoms with Gasteiger partial charge in [0.1, 0.15) is 0 Å². The molecule has 0 saturated heterocycles. The molecule has 0 spiro atoms. The summed E-state index contributed by atoms with van der Waals surface area (Å²) in [5.74, 6) is 2.82. The van der Waals surface area contributed by atoms with Crippen LogP contribution in [0.4, 0.5) is 0 Å². The van der Waals surface area contributed by atoms with Crippen molar-refractivity contribution in [3.8, 4) is 6.07 Å². The molecule has 2 fully saturated rings. The normalized spacial score (nSPS) is 33.0. The Kier molecular flexibility index (Phi) is 8.65. The van der Waals surface area contributed by atoms with E-state index in [2.05, 4.69) is 19.9 Å². The van der Waals surface area contributed by atoms with E-state index in [-0.39, 0.29) is 5.41 Å². The number of fused-ring (bicyclic) bond motifs is 1. The molecular formula is C23H41N. The molecule has 2 rings (SSSR count). The minimum atomic E-state index is 0.0450. The van der Waals surface area contributed by atoms with Crippen LogP contribution in [0.15, 0.2) is 0 Å². The van der Waals surface area contributed by atoms with E-state index in [1.807, 2.05) is 0 Å². The van der Waals surface area contributed by atoms with Gasteiger partial charge in [-0.2, -0.15) is 5.26 Å². The lowest BCUT2D eigenvalue weighted by molar-refractivity contribution is 0.0615. The zero-order chi connectivity index (χ0) is 17.3. The third kappa shape index (κ3) is 5.79. The minimum absolute atomic E-state index is 0.0450. The van der Waals surface area contributed by atoms with Crippen molar-refractivity contribution in [2.45, 2.75) is 117 Å². The number of hydrogen-bond acceptors (Lipinski definition) is 1. The summed E-state index contributed by atoms with van der Waals surface area (Å²) in [6.07, 6.45) is 21.7. The van der Waals surface area contributed by atoms with Gasteiger partial charge >= 0.3 is 0 Å². The first kappa shape index (κ1) is 19.8. The van der Waals surface area contributed by atoms with Crippen molar-refractivity contribution in [2.75, 3.05) is 0 Å². The van der Waals surface area contributed by atoms with Crippen LogP contribution in [0.3, 0.4) is 0 Å². The number of nitrogens with zero attached hydrogens (tertiary/aromatic N) is 1. The highest BCUT2D eigenvalue weighted by Gasteiger charge is 2.42. The molecule has 0 aromatic carbocycles. The van der Waals surface area contributed by atoms with Crippen molar-refractivity contribution in [1.82, 2.24) is 0 Å². The minimum Gasteiger partial charge on any atom is -0.198 e. The Balaban J connectivity index is 1.73. The summed E-state index contributed by atoms with van der Waals surface area (Å²) in [5, 5.41) is 9.82. The Labute approximate surface area is 151 Å². The van der Waals surface area contributed by atoms with E-state index in [1.165, 1.54) is 103 Å². The number of unbranched alkanes of at least 4 members (excludes halogenated alkanes) is 6. The third-order valence-corrected chi connectivity index (χ3v) is 7.11. The molecule has 0 aromatic heterocycles. The summed E-state index contributed by atoms with van der Waals surface area (Å²) in [4.78, 5) is 0. The highest BCUT2D eigenvalue weighted by Crippen LogP contribution is 2.51. The van der Waals surface area contributed by atoms with Crippen LogP contribution in [-0.2, 0) is 0 Å². The summed E-state index contributed by atoms with van der Waals surface area (Å²) in [7, 11) is 0. The van der Waals surface area contributed by atoms with Gasteiger partial charge in [-0.1, -0.05) is 78.1 Å². The summed E-state index contributed by atoms with van der Waals surface area (Å²) in [6, 6.07) is 2.77. The van der Waals surface area contributed by atoms with Gasteiger partial charge in [-0.15, -0.1) is 0 Å². The average Bonchev–Trinajstić information content (AvgIpc) is 2.62. The van der Waals surface area contributed by atoms with Crippen molar-refractivity contribution in [1.29, 1.82) is 5.26 Å². The molecule has 2 aliphatic carbocycles. The second-order valence-corrected chi connectivity index (χ2v) is 8.99. The third-order valence-electron chi connectivity index (χ3n) is 7.11. The maximum absolute atomic E-state index is 9.82. The molecule has 0 heterocycles. The first-order valence-corrected chi connectivity index (χ1v) is 11.1. The Morgan fingerprint density at radius 3 is 2.38 bits per heavy atom. The SMILES string of the molecule is CCCCCCC[C@H]1CCC2C[C@](C#N)(CCCCC)CC[C@@H]2C1. The van der Waals surface area contributed by atoms with Crippen LogP contribution >= 0.6 is 0 Å². The largest absolute Gasteiger partial charge is 0.198 e. The van der Waals surface area contributed by atoms with E-state index in [9.17, 15) is 5.26 Å². The zero-order valence-corrected chi connectivity index (χ0v) is 16.5. The van der Waals surface area contributed by atoms with E-state index >= 15 is 0 Å². The lowest BCUT2D eigenvalue weighted by Crippen LogP contribution is -2.36. The van der Waals surface area contributed by atoms with Gasteiger partial charge in [0, 0.05) is 0 Å². The summed E-state index contributed by atoms with van der Waals surface area (Å²) in [5.41, 5.74) is 0.0450. The molecule has 1 heteroatoms. The van der Waals surface area contributed by atoms with E-state index in [0.717, 1.165) is 17.8 Å². The quantitative estimate of drug-likeness (QED) is 0.377. The topological polar surface area (TPSA) is 23.8 Å². The van der Waals surface area contributed by atoms with Crippen LogP contribution in [-0.4, -0.2) is 0 Å². The number of nitriles is 1. The molecule has 0 aromatic rings. The van der Waals surface area contributed by atoms with Crippen LogP contribution in [0.1, 0.15) is 117 Å². The van der Waals surface area contributed by atoms with Crippen LogP contribution in [0.2, 0.25) is 0 Å². The van der Waals surface area contributed by atoms with Gasteiger partial charge in [-0.05, 0) is 56.3 Å². The van der Waals surface area contributed by atoms with Gasteiger partial charge in [0.05, 0.1) is 11.5 Å². The van der Waals surface area contributed by atoms with Gasteiger partial charge < -0.3 is 0 Å². The molecule has 2 aliphatic rings. The second kappa shape index (κ2) is 10.5. The fourth-order valence-electron chi connectivity index (χ4n) is 5.51. The molecule has 0 N–H and O–H groups in total. The van der Waals surface area contributed by atoms with Crippen molar-refractivity contribution in [2.24, 2.45) is 23.2 Å². The average molecular weight is 332 g/mol. The van der Waals surface area contributed by atoms with Gasteiger partial charge in [0.2, 0.25) is 0 Å². The fraction of sp³-hybridized carbons (Fsp3) is 0.957. The van der Waals surface area contributed by atoms with E-state index in [1.54, 1.807) is 0 Å². The van der Waals surface area contributed by atoms with Gasteiger partial charge in [-0.25, -0.2) is 0 Å². The van der Waals surface area contributed by atoms with E-state index < -0.39 is 0 Å². The van der Waals surface area contributed by atoms with Crippen LogP contribution in [0, 0.1) is 34.5 Å². The molecule has 2 saturated carbocycles. The Morgan fingerprint density at radius 2 is 1.62 bits per heavy atom. The Hall–Kier alpha value is -0.510. The first-order chi connectivity index (χ1) is 11.7. The first-order valence-electron chi connectivity index (χ1n) is 11.1. The Bertz CT molecular complexity index is 382. The molecule has 0 bridgehead atoms. The Morgan fingerprint density at radius 1 is 0.875 bits per heavy atom. The summed E-state index contributed by atoms with van der Waals surface area (Å²) in [6.45, 7) is 4.56. The van der Waals surface area contributed by atoms with Gasteiger partial charge in [-0.3, -0.25) is 0 Å². The predicted molar refractivity (Wildman–Crippen MR) is 104 cm³/mol. The van der Waals surface area contributed by atoms with Crippen LogP contribution in [0.5, 0.6) is 0 Å². The lowest BCUT2D eigenvalue weighted by atomic mass is 9.58. The summed E-state index contributed by atoms with van der Waals surface area (Å²) < 4.78 is 0. The molecule has 1 nitrogen and oxygen atoms in total. The van der Waals surface area contributed by atoms with Crippen molar-refractivity contribution >= 4 is 0 Å². The molecule has 24 heavy (non-hydrogen) atoms. The van der Waals surface area contributed by atoms with Crippen LogP contribution in [0.25, 0.3) is 0 Å². The predicted octanol–water partition coefficient (Wildman–Crippen LogP) is 7.65. The molecular weight excluding hydrogens is 290 g/mol. The smallest absolute Gasteiger partial charge is 0.0689 e. The molecule has 0 amide bonds. The van der Waals surface area contributed by atoms with Crippen molar-refractivity contribution in [3.63, 3.8) is 0 Å². The number of rotatable bonds is 10. The maximum atomic E-state index is 9.82. The molecule has 138 valence electrons. The summed E-state index contributed by atoms with van der Waals surface area (Å²) >= 11 is 0. The molecule has 0 radical (unpaired) electrons. The van der Waals surface area contributed by atoms with Crippen molar-refractivity contribution < 1.29 is 0 Å². The zero-order valence-electron chi connectivity index (χ0n) is 16.5. The fourth-order valence-corrected chi connectivity index (χ4v) is 5.51. The highest BCUT2D eigenvalue weighted by atomic mass is 14.5. The lowest BCUT2D eigenvalue weighted by Gasteiger charge is -2.45. The van der Waals surface area contributed by atoms with E-state index in [4.69, 9.17) is 0 Å². The standard InChI is InChI=1S/C23H41N/c1-3-5-7-8-9-11-20-12-13-22-18-23(19-24,15-10-6-4-2)16-14-21(22)17-20/h20-22H,3-18H2,1-2H3/t20-,21+,22?,23-/m0/s1. The molecule has 1 unspecified atom stereocenters. The highest BCUT2D eigenvalue weighted by molar-refractivity contribution is 5.04. The number of hydrogen-bond donors (Lipinski definition) is 0.